The second-order valence-electron chi connectivity index (χ2n) is 7.20. The first kappa shape index (κ1) is 25.0. The molecule has 1 aliphatic heterocycles. The number of phenolic OH excluding ortho intramolecular Hbond substituents is 1. The van der Waals surface area contributed by atoms with E-state index in [2.05, 4.69) is 5.32 Å². The first-order chi connectivity index (χ1) is 14.6. The molecule has 0 aliphatic carbocycles. The number of phenols is 1. The van der Waals surface area contributed by atoms with Crippen LogP contribution in [0.2, 0.25) is 0 Å². The number of rotatable bonds is 5. The fourth-order valence-electron chi connectivity index (χ4n) is 3.37. The fourth-order valence-corrected chi connectivity index (χ4v) is 3.37. The van der Waals surface area contributed by atoms with Crippen LogP contribution in [0.3, 0.4) is 0 Å². The van der Waals surface area contributed by atoms with Crippen LogP contribution in [-0.2, 0) is 12.7 Å². The Kier molecular flexibility index (Phi) is 7.73. The molecule has 172 valence electrons. The van der Waals surface area contributed by atoms with Crippen LogP contribution in [0.25, 0.3) is 0 Å². The number of alkyl halides is 3. The molecular weight excluding hydrogens is 449 g/mol. The largest absolute Gasteiger partial charge is 0.508 e. The van der Waals surface area contributed by atoms with Gasteiger partial charge < -0.3 is 21.1 Å². The molecule has 2 aromatic carbocycles. The van der Waals surface area contributed by atoms with Crippen LogP contribution >= 0.6 is 12.4 Å². The van der Waals surface area contributed by atoms with Crippen LogP contribution < -0.4 is 11.1 Å². The molecule has 1 heterocycles. The third kappa shape index (κ3) is 5.50. The third-order valence-corrected chi connectivity index (χ3v) is 5.04. The van der Waals surface area contributed by atoms with Crippen molar-refractivity contribution < 1.29 is 27.9 Å². The third-order valence-electron chi connectivity index (χ3n) is 5.04. The van der Waals surface area contributed by atoms with Crippen molar-refractivity contribution in [3.63, 3.8) is 0 Å². The molecule has 0 spiro atoms. The van der Waals surface area contributed by atoms with E-state index in [1.807, 2.05) is 0 Å². The molecule has 0 aromatic heterocycles. The van der Waals surface area contributed by atoms with Gasteiger partial charge in [0, 0.05) is 36.3 Å². The molecule has 2 amide bonds. The zero-order chi connectivity index (χ0) is 22.8. The lowest BCUT2D eigenvalue weighted by atomic mass is 10.0. The number of nitrogens with zero attached hydrogens (tertiary/aromatic N) is 1. The van der Waals surface area contributed by atoms with E-state index in [1.165, 1.54) is 29.2 Å². The number of carbonyl (C=O) groups is 2. The molecule has 0 unspecified atom stereocenters. The number of nitrogen functional groups attached to an aromatic ring is 1. The maximum absolute atomic E-state index is 13.6. The van der Waals surface area contributed by atoms with Crippen LogP contribution in [0, 0.1) is 5.41 Å². The number of amidine groups is 1. The second-order valence-corrected chi connectivity index (χ2v) is 7.20. The topological polar surface area (TPSA) is 120 Å². The minimum absolute atomic E-state index is 0. The second kappa shape index (κ2) is 9.90. The lowest BCUT2D eigenvalue weighted by Gasteiger charge is -2.19. The standard InChI is InChI=1S/C21H21F3N4O3.ClH/c22-21(23,24)16-10-13(3-5-15(16)20(31)28-7-1-2-8-28)19(30)27-11-14-9-12(18(25)26)4-6-17(14)29;/h3-6,9-10,29H,1-2,7-8,11H2,(H3,25,26)(H,27,30);1H. The van der Waals surface area contributed by atoms with Crippen LogP contribution in [0.4, 0.5) is 13.2 Å². The molecule has 0 bridgehead atoms. The molecule has 3 rings (SSSR count). The van der Waals surface area contributed by atoms with Crippen molar-refractivity contribution in [1.82, 2.24) is 10.2 Å². The molecule has 0 atom stereocenters. The summed E-state index contributed by atoms with van der Waals surface area (Å²) in [4.78, 5) is 26.3. The van der Waals surface area contributed by atoms with E-state index < -0.39 is 29.1 Å². The summed E-state index contributed by atoms with van der Waals surface area (Å²) >= 11 is 0. The van der Waals surface area contributed by atoms with Gasteiger partial charge in [-0.3, -0.25) is 15.0 Å². The Hall–Kier alpha value is -3.27. The van der Waals surface area contributed by atoms with E-state index in [9.17, 15) is 27.9 Å². The summed E-state index contributed by atoms with van der Waals surface area (Å²) in [6, 6.07) is 6.97. The quantitative estimate of drug-likeness (QED) is 0.396. The molecule has 1 fully saturated rings. The maximum atomic E-state index is 13.6. The normalized spacial score (nSPS) is 13.4. The fraction of sp³-hybridized carbons (Fsp3) is 0.286. The number of hydrogen-bond acceptors (Lipinski definition) is 4. The van der Waals surface area contributed by atoms with Crippen LogP contribution in [0.15, 0.2) is 36.4 Å². The van der Waals surface area contributed by atoms with Gasteiger partial charge in [-0.15, -0.1) is 12.4 Å². The Labute approximate surface area is 188 Å². The van der Waals surface area contributed by atoms with E-state index in [1.54, 1.807) is 0 Å². The highest BCUT2D eigenvalue weighted by Crippen LogP contribution is 2.34. The van der Waals surface area contributed by atoms with Gasteiger partial charge in [0.2, 0.25) is 0 Å². The highest BCUT2D eigenvalue weighted by Gasteiger charge is 2.37. The van der Waals surface area contributed by atoms with E-state index in [4.69, 9.17) is 11.1 Å². The molecule has 32 heavy (non-hydrogen) atoms. The lowest BCUT2D eigenvalue weighted by Crippen LogP contribution is -2.30. The highest BCUT2D eigenvalue weighted by molar-refractivity contribution is 5.99. The smallest absolute Gasteiger partial charge is 0.417 e. The zero-order valence-corrected chi connectivity index (χ0v) is 17.6. The van der Waals surface area contributed by atoms with Crippen molar-refractivity contribution in [1.29, 1.82) is 5.41 Å². The minimum atomic E-state index is -4.81. The Balaban J connectivity index is 0.00000363. The summed E-state index contributed by atoms with van der Waals surface area (Å²) in [7, 11) is 0. The number of amides is 2. The Bertz CT molecular complexity index is 1040. The number of aromatic hydroxyl groups is 1. The van der Waals surface area contributed by atoms with Gasteiger partial charge in [-0.1, -0.05) is 0 Å². The summed E-state index contributed by atoms with van der Waals surface area (Å²) in [6.45, 7) is 0.615. The Morgan fingerprint density at radius 1 is 1.09 bits per heavy atom. The summed E-state index contributed by atoms with van der Waals surface area (Å²) in [5.41, 5.74) is 4.04. The Morgan fingerprint density at radius 2 is 1.72 bits per heavy atom. The first-order valence-electron chi connectivity index (χ1n) is 9.53. The van der Waals surface area contributed by atoms with Crippen LogP contribution in [0.5, 0.6) is 5.75 Å². The number of hydrogen-bond donors (Lipinski definition) is 4. The molecule has 7 nitrogen and oxygen atoms in total. The first-order valence-corrected chi connectivity index (χ1v) is 9.53. The van der Waals surface area contributed by atoms with E-state index in [0.29, 0.717) is 24.7 Å². The van der Waals surface area contributed by atoms with Crippen molar-refractivity contribution >= 4 is 30.1 Å². The predicted octanol–water partition coefficient (Wildman–Crippen LogP) is 3.28. The molecule has 5 N–H and O–H groups in total. The van der Waals surface area contributed by atoms with Gasteiger partial charge in [-0.05, 0) is 49.2 Å². The molecule has 1 aliphatic rings. The number of nitrogens with two attached hydrogens (primary N) is 1. The van der Waals surface area contributed by atoms with Gasteiger partial charge in [-0.25, -0.2) is 0 Å². The number of likely N-dealkylation sites (tertiary alicyclic amines) is 1. The summed E-state index contributed by atoms with van der Waals surface area (Å²) in [5, 5.41) is 19.8. The summed E-state index contributed by atoms with van der Waals surface area (Å²) in [6.07, 6.45) is -3.33. The molecule has 1 saturated heterocycles. The highest BCUT2D eigenvalue weighted by atomic mass is 35.5. The molecule has 11 heteroatoms. The Morgan fingerprint density at radius 3 is 2.31 bits per heavy atom. The van der Waals surface area contributed by atoms with Crippen molar-refractivity contribution in [3.05, 3.63) is 64.2 Å². The molecule has 0 radical (unpaired) electrons. The van der Waals surface area contributed by atoms with Crippen LogP contribution in [0.1, 0.15) is 50.2 Å². The number of carbonyl (C=O) groups excluding carboxylic acids is 2. The van der Waals surface area contributed by atoms with Gasteiger partial charge in [-0.2, -0.15) is 13.2 Å². The van der Waals surface area contributed by atoms with Crippen LogP contribution in [-0.4, -0.2) is 40.7 Å². The van der Waals surface area contributed by atoms with E-state index in [-0.39, 0.29) is 41.7 Å². The minimum Gasteiger partial charge on any atom is -0.508 e. The zero-order valence-electron chi connectivity index (χ0n) is 16.8. The predicted molar refractivity (Wildman–Crippen MR) is 114 cm³/mol. The maximum Gasteiger partial charge on any atom is 0.417 e. The van der Waals surface area contributed by atoms with Gasteiger partial charge in [0.25, 0.3) is 11.8 Å². The molecule has 2 aromatic rings. The number of halogens is 4. The van der Waals surface area contributed by atoms with Crippen molar-refractivity contribution in [2.24, 2.45) is 5.73 Å². The summed E-state index contributed by atoms with van der Waals surface area (Å²) in [5.74, 6) is -1.91. The molecular formula is C21H22ClF3N4O3. The average Bonchev–Trinajstić information content (AvgIpc) is 3.26. The van der Waals surface area contributed by atoms with Crippen molar-refractivity contribution in [3.8, 4) is 5.75 Å². The number of nitrogens with one attached hydrogen (secondary N) is 2. The van der Waals surface area contributed by atoms with Gasteiger partial charge in [0.1, 0.15) is 11.6 Å². The van der Waals surface area contributed by atoms with Crippen molar-refractivity contribution in [2.45, 2.75) is 25.6 Å². The van der Waals surface area contributed by atoms with E-state index in [0.717, 1.165) is 18.9 Å². The average molecular weight is 471 g/mol. The monoisotopic (exact) mass is 470 g/mol. The van der Waals surface area contributed by atoms with Gasteiger partial charge in [0.05, 0.1) is 11.1 Å². The van der Waals surface area contributed by atoms with Gasteiger partial charge >= 0.3 is 6.18 Å². The van der Waals surface area contributed by atoms with E-state index >= 15 is 0 Å². The lowest BCUT2D eigenvalue weighted by molar-refractivity contribution is -0.138. The summed E-state index contributed by atoms with van der Waals surface area (Å²) < 4.78 is 40.8. The van der Waals surface area contributed by atoms with Gasteiger partial charge in [0.15, 0.2) is 0 Å². The number of benzene rings is 2. The molecule has 0 saturated carbocycles. The SMILES string of the molecule is Cl.N=C(N)c1ccc(O)c(CNC(=O)c2ccc(C(=O)N3CCCC3)c(C(F)(F)F)c2)c1. The van der Waals surface area contributed by atoms with Crippen molar-refractivity contribution in [2.75, 3.05) is 13.1 Å².